The summed E-state index contributed by atoms with van der Waals surface area (Å²) in [6, 6.07) is 0.412. The van der Waals surface area contributed by atoms with Crippen molar-refractivity contribution >= 4 is 23.9 Å². The van der Waals surface area contributed by atoms with Crippen LogP contribution in [0.5, 0.6) is 0 Å². The van der Waals surface area contributed by atoms with Crippen LogP contribution in [-0.2, 0) is 5.41 Å². The minimum Gasteiger partial charge on any atom is -1.00 e. The van der Waals surface area contributed by atoms with Crippen molar-refractivity contribution < 1.29 is 67.4 Å². The molecule has 14 heteroatoms. The maximum atomic E-state index is 14.2. The van der Waals surface area contributed by atoms with Crippen molar-refractivity contribution in [3.05, 3.63) is 69.8 Å². The van der Waals surface area contributed by atoms with Crippen LogP contribution in [0.4, 0.5) is 26.3 Å². The van der Waals surface area contributed by atoms with E-state index < -0.39 is 75.0 Å². The fourth-order valence-electron chi connectivity index (χ4n) is 3.26. The molecule has 2 aromatic carbocycles. The van der Waals surface area contributed by atoms with Gasteiger partial charge in [0.15, 0.2) is 0 Å². The van der Waals surface area contributed by atoms with Crippen molar-refractivity contribution in [2.24, 2.45) is 0 Å². The van der Waals surface area contributed by atoms with Gasteiger partial charge in [0.2, 0.25) is 5.41 Å². The normalized spacial score (nSPS) is 12.3. The van der Waals surface area contributed by atoms with Crippen LogP contribution in [0.25, 0.3) is 0 Å². The lowest BCUT2D eigenvalue weighted by Gasteiger charge is -2.38. The van der Waals surface area contributed by atoms with Gasteiger partial charge in [0.1, 0.15) is 0 Å². The van der Waals surface area contributed by atoms with Crippen molar-refractivity contribution in [2.75, 3.05) is 0 Å². The minimum atomic E-state index is -6.27. The van der Waals surface area contributed by atoms with Crippen LogP contribution in [0.3, 0.4) is 0 Å². The maximum absolute atomic E-state index is 14.2. The zero-order chi connectivity index (χ0) is 25.5. The Hall–Kier alpha value is -4.10. The molecule has 0 saturated carbocycles. The second-order valence-corrected chi connectivity index (χ2v) is 6.49. The molecule has 0 atom stereocenters. The zero-order valence-electron chi connectivity index (χ0n) is 16.7. The predicted octanol–water partition coefficient (Wildman–Crippen LogP) is 4.00. The van der Waals surface area contributed by atoms with Gasteiger partial charge in [0, 0.05) is 0 Å². The first-order valence-corrected chi connectivity index (χ1v) is 8.32. The molecule has 0 aliphatic heterocycles. The van der Waals surface area contributed by atoms with Gasteiger partial charge in [0.05, 0.1) is 22.3 Å². The molecule has 0 bridgehead atoms. The molecule has 4 N–H and O–H groups in total. The Balaban J connectivity index is 0.00000578. The van der Waals surface area contributed by atoms with Crippen LogP contribution < -0.4 is 0 Å². The highest BCUT2D eigenvalue weighted by Crippen LogP contribution is 2.56. The Bertz CT molecular complexity index is 1080. The summed E-state index contributed by atoms with van der Waals surface area (Å²) >= 11 is 0. The SMILES string of the molecule is O=C(O)c1ccc(C(c2ccc(C(=O)O)c(C(=O)O)c2)(C(F)(F)F)C(F)(F)F)cc1C(=O)O.[H-]. The van der Waals surface area contributed by atoms with Gasteiger partial charge >= 0.3 is 36.2 Å². The molecule has 0 aromatic heterocycles. The van der Waals surface area contributed by atoms with Gasteiger partial charge in [-0.2, -0.15) is 26.3 Å². The highest BCUT2D eigenvalue weighted by Gasteiger charge is 2.72. The minimum absolute atomic E-state index is 0. The molecule has 33 heavy (non-hydrogen) atoms. The summed E-state index contributed by atoms with van der Waals surface area (Å²) in [6.45, 7) is 0. The lowest BCUT2D eigenvalue weighted by Crippen LogP contribution is -2.55. The lowest BCUT2D eigenvalue weighted by atomic mass is 9.71. The van der Waals surface area contributed by atoms with E-state index in [0.717, 1.165) is 0 Å². The molecule has 0 aliphatic rings. The Morgan fingerprint density at radius 2 is 0.818 bits per heavy atom. The third-order valence-corrected chi connectivity index (χ3v) is 4.68. The van der Waals surface area contributed by atoms with Crippen LogP contribution in [0.15, 0.2) is 36.4 Å². The first-order valence-electron chi connectivity index (χ1n) is 8.32. The van der Waals surface area contributed by atoms with Crippen LogP contribution in [-0.4, -0.2) is 56.7 Å². The Morgan fingerprint density at radius 3 is 1.03 bits per heavy atom. The van der Waals surface area contributed by atoms with E-state index in [1.807, 2.05) is 0 Å². The van der Waals surface area contributed by atoms with E-state index in [2.05, 4.69) is 0 Å². The molecule has 0 unspecified atom stereocenters. The van der Waals surface area contributed by atoms with E-state index in [1.165, 1.54) is 0 Å². The van der Waals surface area contributed by atoms with Crippen LogP contribution in [0.1, 0.15) is 54.0 Å². The third-order valence-electron chi connectivity index (χ3n) is 4.68. The second kappa shape index (κ2) is 8.11. The number of benzene rings is 2. The highest BCUT2D eigenvalue weighted by molar-refractivity contribution is 6.02. The largest absolute Gasteiger partial charge is 1.00 e. The molecule has 0 aliphatic carbocycles. The van der Waals surface area contributed by atoms with Crippen molar-refractivity contribution in [2.45, 2.75) is 17.8 Å². The number of carboxylic acids is 4. The van der Waals surface area contributed by atoms with E-state index in [-0.39, 0.29) is 37.8 Å². The zero-order valence-corrected chi connectivity index (χ0v) is 15.7. The first-order chi connectivity index (χ1) is 15.0. The average Bonchev–Trinajstić information content (AvgIpc) is 2.65. The lowest BCUT2D eigenvalue weighted by molar-refractivity contribution is -0.288. The molecule has 0 spiro atoms. The Morgan fingerprint density at radius 1 is 0.545 bits per heavy atom. The molecule has 0 fully saturated rings. The summed E-state index contributed by atoms with van der Waals surface area (Å²) in [5.41, 5.74) is -13.6. The van der Waals surface area contributed by atoms with E-state index >= 15 is 0 Å². The maximum Gasteiger partial charge on any atom is 0.411 e. The summed E-state index contributed by atoms with van der Waals surface area (Å²) in [6.07, 6.45) is -12.5. The standard InChI is InChI=1S/C19H10F6O8.H/c20-18(21,22)17(19(23,24)25,7-1-3-9(13(26)27)11(5-7)15(30)31)8-2-4-10(14(28)29)12(6-8)16(32)33;/h1-6H,(H,26,27)(H,28,29)(H,30,31)(H,32,33);/q;-1. The number of rotatable bonds is 6. The van der Waals surface area contributed by atoms with Gasteiger partial charge in [-0.1, -0.05) is 12.1 Å². The third kappa shape index (κ3) is 4.06. The highest BCUT2D eigenvalue weighted by atomic mass is 19.4. The summed E-state index contributed by atoms with van der Waals surface area (Å²) in [5.74, 6) is -8.16. The topological polar surface area (TPSA) is 149 Å². The van der Waals surface area contributed by atoms with Gasteiger partial charge in [0.25, 0.3) is 0 Å². The number of halogens is 6. The summed E-state index contributed by atoms with van der Waals surface area (Å²) in [7, 11) is 0. The fourth-order valence-corrected chi connectivity index (χ4v) is 3.26. The number of carbonyl (C=O) groups is 4. The van der Waals surface area contributed by atoms with Gasteiger partial charge < -0.3 is 21.9 Å². The van der Waals surface area contributed by atoms with Crippen molar-refractivity contribution in [3.63, 3.8) is 0 Å². The quantitative estimate of drug-likeness (QED) is 0.453. The number of aromatic carboxylic acids is 4. The predicted molar refractivity (Wildman–Crippen MR) is 94.7 cm³/mol. The van der Waals surface area contributed by atoms with Crippen LogP contribution in [0.2, 0.25) is 0 Å². The Kier molecular flexibility index (Phi) is 6.18. The molecule has 2 rings (SSSR count). The smallest absolute Gasteiger partial charge is 0.411 e. The van der Waals surface area contributed by atoms with Crippen LogP contribution in [0, 0.1) is 0 Å². The molecule has 0 heterocycles. The molecule has 0 saturated heterocycles. The number of hydrogen-bond donors (Lipinski definition) is 4. The van der Waals surface area contributed by atoms with E-state index in [9.17, 15) is 45.5 Å². The van der Waals surface area contributed by atoms with Crippen molar-refractivity contribution in [1.82, 2.24) is 0 Å². The second-order valence-electron chi connectivity index (χ2n) is 6.49. The number of alkyl halides is 6. The molecule has 0 amide bonds. The monoisotopic (exact) mass is 481 g/mol. The van der Waals surface area contributed by atoms with Gasteiger partial charge in [-0.25, -0.2) is 19.2 Å². The molecular weight excluding hydrogens is 470 g/mol. The molecule has 178 valence electrons. The van der Waals surface area contributed by atoms with E-state index in [0.29, 0.717) is 0 Å². The first kappa shape index (κ1) is 25.2. The van der Waals surface area contributed by atoms with Gasteiger partial charge in [-0.3, -0.25) is 0 Å². The number of carboxylic acid groups (broad SMARTS) is 4. The van der Waals surface area contributed by atoms with Gasteiger partial charge in [-0.15, -0.1) is 0 Å². The van der Waals surface area contributed by atoms with Crippen molar-refractivity contribution in [1.29, 1.82) is 0 Å². The van der Waals surface area contributed by atoms with E-state index in [4.69, 9.17) is 20.4 Å². The van der Waals surface area contributed by atoms with Crippen LogP contribution >= 0.6 is 0 Å². The summed E-state index contributed by atoms with van der Waals surface area (Å²) < 4.78 is 85.1. The summed E-state index contributed by atoms with van der Waals surface area (Å²) in [4.78, 5) is 45.0. The van der Waals surface area contributed by atoms with Gasteiger partial charge in [-0.05, 0) is 35.4 Å². The molecular formula is C19H11F6O8-. The summed E-state index contributed by atoms with van der Waals surface area (Å²) in [5, 5.41) is 36.2. The molecule has 8 nitrogen and oxygen atoms in total. The van der Waals surface area contributed by atoms with E-state index in [1.54, 1.807) is 0 Å². The number of hydrogen-bond acceptors (Lipinski definition) is 4. The average molecular weight is 481 g/mol. The fraction of sp³-hybridized carbons (Fsp3) is 0.158. The molecule has 2 aromatic rings. The Labute approximate surface area is 179 Å². The van der Waals surface area contributed by atoms with Crippen molar-refractivity contribution in [3.8, 4) is 0 Å². The molecule has 0 radical (unpaired) electrons.